The molecule has 0 aliphatic carbocycles. The predicted octanol–water partition coefficient (Wildman–Crippen LogP) is 2.87. The highest BCUT2D eigenvalue weighted by Gasteiger charge is 2.25. The Kier molecular flexibility index (Phi) is 5.80. The zero-order valence-electron chi connectivity index (χ0n) is 16.5. The van der Waals surface area contributed by atoms with Crippen LogP contribution in [0.1, 0.15) is 12.1 Å². The standard InChI is InChI=1S/C22H19F2N5O2/c1-2-20(30)29-8-7-16(12-29)28-22-17-11-15(27-21(17)25-13-26-22)4-3-9-31-19-10-14(23)5-6-18(19)24/h2,5-6,10-11,13,16H,1,7-9,12H2,(H2,25,26,27,28). The normalized spacial score (nSPS) is 15.4. The Hall–Kier alpha value is -3.93. The third-order valence-corrected chi connectivity index (χ3v) is 4.86. The second-order valence-electron chi connectivity index (χ2n) is 6.95. The molecule has 1 aliphatic rings. The summed E-state index contributed by atoms with van der Waals surface area (Å²) in [6.07, 6.45) is 3.56. The summed E-state index contributed by atoms with van der Waals surface area (Å²) in [6.45, 7) is 4.64. The molecule has 4 rings (SSSR count). The summed E-state index contributed by atoms with van der Waals surface area (Å²) in [5.41, 5.74) is 1.19. The molecule has 1 fully saturated rings. The molecule has 1 amide bonds. The number of anilines is 1. The number of halogens is 2. The summed E-state index contributed by atoms with van der Waals surface area (Å²) in [5, 5.41) is 4.12. The molecule has 3 aromatic rings. The van der Waals surface area contributed by atoms with Gasteiger partial charge >= 0.3 is 0 Å². The molecule has 7 nitrogen and oxygen atoms in total. The number of carbonyl (C=O) groups is 1. The predicted molar refractivity (Wildman–Crippen MR) is 111 cm³/mol. The molecule has 31 heavy (non-hydrogen) atoms. The molecule has 9 heteroatoms. The summed E-state index contributed by atoms with van der Waals surface area (Å²) in [4.78, 5) is 25.1. The van der Waals surface area contributed by atoms with Crippen LogP contribution >= 0.6 is 0 Å². The van der Waals surface area contributed by atoms with E-state index < -0.39 is 11.6 Å². The first-order valence-electron chi connectivity index (χ1n) is 9.62. The first kappa shape index (κ1) is 20.3. The average Bonchev–Trinajstić information content (AvgIpc) is 3.40. The van der Waals surface area contributed by atoms with Crippen LogP contribution in [0.3, 0.4) is 0 Å². The van der Waals surface area contributed by atoms with E-state index in [9.17, 15) is 13.6 Å². The molecule has 158 valence electrons. The number of H-pyrrole nitrogens is 1. The van der Waals surface area contributed by atoms with Crippen molar-refractivity contribution in [2.75, 3.05) is 25.0 Å². The van der Waals surface area contributed by atoms with E-state index in [1.54, 1.807) is 11.0 Å². The van der Waals surface area contributed by atoms with E-state index >= 15 is 0 Å². The molecule has 2 aromatic heterocycles. The highest BCUT2D eigenvalue weighted by molar-refractivity contribution is 5.89. The van der Waals surface area contributed by atoms with Crippen LogP contribution < -0.4 is 10.1 Å². The van der Waals surface area contributed by atoms with Gasteiger partial charge in [-0.05, 0) is 36.6 Å². The quantitative estimate of drug-likeness (QED) is 0.487. The Labute approximate surface area is 177 Å². The third-order valence-electron chi connectivity index (χ3n) is 4.86. The third kappa shape index (κ3) is 4.64. The minimum Gasteiger partial charge on any atom is -0.478 e. The van der Waals surface area contributed by atoms with Crippen LogP contribution in [0.25, 0.3) is 11.0 Å². The lowest BCUT2D eigenvalue weighted by molar-refractivity contribution is -0.125. The van der Waals surface area contributed by atoms with Gasteiger partial charge in [0, 0.05) is 25.2 Å². The first-order valence-corrected chi connectivity index (χ1v) is 9.62. The van der Waals surface area contributed by atoms with Crippen molar-refractivity contribution in [3.63, 3.8) is 0 Å². The number of ether oxygens (including phenoxy) is 1. The van der Waals surface area contributed by atoms with Crippen LogP contribution in [-0.4, -0.2) is 51.5 Å². The maximum atomic E-state index is 13.6. The molecule has 3 heterocycles. The maximum absolute atomic E-state index is 13.6. The number of likely N-dealkylation sites (tertiary alicyclic amines) is 1. The van der Waals surface area contributed by atoms with Gasteiger partial charge in [0.25, 0.3) is 0 Å². The Morgan fingerprint density at radius 1 is 1.39 bits per heavy atom. The first-order chi connectivity index (χ1) is 15.0. The van der Waals surface area contributed by atoms with Crippen LogP contribution in [0.15, 0.2) is 43.2 Å². The van der Waals surface area contributed by atoms with Gasteiger partial charge in [0.2, 0.25) is 5.91 Å². The minimum absolute atomic E-state index is 0.0704. The molecule has 1 aromatic carbocycles. The molecular weight excluding hydrogens is 404 g/mol. The van der Waals surface area contributed by atoms with E-state index in [2.05, 4.69) is 38.7 Å². The average molecular weight is 423 g/mol. The van der Waals surface area contributed by atoms with Gasteiger partial charge in [-0.3, -0.25) is 4.79 Å². The van der Waals surface area contributed by atoms with E-state index in [0.717, 1.165) is 30.0 Å². The summed E-state index contributed by atoms with van der Waals surface area (Å²) in [5.74, 6) is 4.77. The van der Waals surface area contributed by atoms with Crippen molar-refractivity contribution in [3.8, 4) is 17.6 Å². The fraction of sp³-hybridized carbons (Fsp3) is 0.227. The zero-order valence-corrected chi connectivity index (χ0v) is 16.5. The summed E-state index contributed by atoms with van der Waals surface area (Å²) < 4.78 is 31.9. The number of nitrogens with one attached hydrogen (secondary N) is 2. The highest BCUT2D eigenvalue weighted by atomic mass is 19.1. The van der Waals surface area contributed by atoms with Crippen molar-refractivity contribution in [3.05, 3.63) is 60.6 Å². The number of rotatable bonds is 5. The van der Waals surface area contributed by atoms with E-state index in [1.165, 1.54) is 12.4 Å². The van der Waals surface area contributed by atoms with Gasteiger partial charge in [-0.15, -0.1) is 0 Å². The Balaban J connectivity index is 1.43. The van der Waals surface area contributed by atoms with E-state index in [4.69, 9.17) is 4.74 Å². The van der Waals surface area contributed by atoms with E-state index in [-0.39, 0.29) is 24.3 Å². The Morgan fingerprint density at radius 3 is 3.10 bits per heavy atom. The Bertz CT molecular complexity index is 1200. The lowest BCUT2D eigenvalue weighted by Crippen LogP contribution is -2.30. The number of fused-ring (bicyclic) bond motifs is 1. The monoisotopic (exact) mass is 423 g/mol. The molecule has 1 unspecified atom stereocenters. The van der Waals surface area contributed by atoms with Crippen LogP contribution in [0.5, 0.6) is 5.75 Å². The lowest BCUT2D eigenvalue weighted by Gasteiger charge is -2.15. The topological polar surface area (TPSA) is 83.1 Å². The van der Waals surface area contributed by atoms with Crippen LogP contribution in [0, 0.1) is 23.5 Å². The minimum atomic E-state index is -0.653. The van der Waals surface area contributed by atoms with Crippen molar-refractivity contribution in [1.82, 2.24) is 19.9 Å². The van der Waals surface area contributed by atoms with Crippen molar-refractivity contribution in [2.45, 2.75) is 12.5 Å². The number of hydrogen-bond acceptors (Lipinski definition) is 5. The summed E-state index contributed by atoms with van der Waals surface area (Å²) >= 11 is 0. The SMILES string of the molecule is C=CC(=O)N1CCC(Nc2ncnc3[nH]c(C#CCOc4cc(F)ccc4F)cc23)C1. The second-order valence-corrected chi connectivity index (χ2v) is 6.95. The number of nitrogens with zero attached hydrogens (tertiary/aromatic N) is 3. The molecule has 1 aliphatic heterocycles. The van der Waals surface area contributed by atoms with Gasteiger partial charge in [-0.2, -0.15) is 0 Å². The fourth-order valence-corrected chi connectivity index (χ4v) is 3.36. The van der Waals surface area contributed by atoms with Crippen LogP contribution in [-0.2, 0) is 4.79 Å². The van der Waals surface area contributed by atoms with Crippen molar-refractivity contribution in [1.29, 1.82) is 0 Å². The maximum Gasteiger partial charge on any atom is 0.246 e. The Morgan fingerprint density at radius 2 is 2.26 bits per heavy atom. The number of amides is 1. The smallest absolute Gasteiger partial charge is 0.246 e. The van der Waals surface area contributed by atoms with Crippen LogP contribution in [0.2, 0.25) is 0 Å². The number of carbonyl (C=O) groups excluding carboxylic acids is 1. The highest BCUT2D eigenvalue weighted by Crippen LogP contribution is 2.23. The summed E-state index contributed by atoms with van der Waals surface area (Å²) in [7, 11) is 0. The van der Waals surface area contributed by atoms with Crippen molar-refractivity contribution >= 4 is 22.8 Å². The number of benzene rings is 1. The molecule has 0 saturated carbocycles. The lowest BCUT2D eigenvalue weighted by atomic mass is 10.2. The van der Waals surface area contributed by atoms with Crippen molar-refractivity contribution < 1.29 is 18.3 Å². The van der Waals surface area contributed by atoms with Gasteiger partial charge in [0.1, 0.15) is 30.2 Å². The van der Waals surface area contributed by atoms with E-state index in [1.807, 2.05) is 0 Å². The fourth-order valence-electron chi connectivity index (χ4n) is 3.36. The van der Waals surface area contributed by atoms with E-state index in [0.29, 0.717) is 30.2 Å². The number of hydrogen-bond donors (Lipinski definition) is 2. The van der Waals surface area contributed by atoms with Gasteiger partial charge < -0.3 is 19.9 Å². The number of aromatic amines is 1. The molecule has 1 atom stereocenters. The second kappa shape index (κ2) is 8.83. The van der Waals surface area contributed by atoms with Gasteiger partial charge in [0.05, 0.1) is 11.1 Å². The zero-order chi connectivity index (χ0) is 21.8. The number of aromatic nitrogens is 3. The summed E-state index contributed by atoms with van der Waals surface area (Å²) in [6, 6.07) is 4.86. The molecule has 0 radical (unpaired) electrons. The largest absolute Gasteiger partial charge is 0.478 e. The molecule has 0 bridgehead atoms. The molecule has 1 saturated heterocycles. The van der Waals surface area contributed by atoms with Crippen LogP contribution in [0.4, 0.5) is 14.6 Å². The van der Waals surface area contributed by atoms with Gasteiger partial charge in [-0.25, -0.2) is 18.7 Å². The van der Waals surface area contributed by atoms with Gasteiger partial charge in [-0.1, -0.05) is 12.5 Å². The molecule has 2 N–H and O–H groups in total. The van der Waals surface area contributed by atoms with Gasteiger partial charge in [0.15, 0.2) is 11.6 Å². The van der Waals surface area contributed by atoms with Crippen molar-refractivity contribution in [2.24, 2.45) is 0 Å². The molecule has 0 spiro atoms. The molecular formula is C22H19F2N5O2.